The number of hydrogen-bond donors (Lipinski definition) is 3. The van der Waals surface area contributed by atoms with Crippen molar-refractivity contribution in [3.05, 3.63) is 12.7 Å². The molecule has 21 heavy (non-hydrogen) atoms. The van der Waals surface area contributed by atoms with Gasteiger partial charge in [0.2, 0.25) is 11.5 Å². The van der Waals surface area contributed by atoms with Gasteiger partial charge in [-0.3, -0.25) is 4.57 Å². The molecule has 2 aromatic heterocycles. The second kappa shape index (κ2) is 4.59. The van der Waals surface area contributed by atoms with E-state index >= 15 is 0 Å². The smallest absolute Gasteiger partial charge is 0.242 e. The van der Waals surface area contributed by atoms with Crippen LogP contribution >= 0.6 is 0 Å². The van der Waals surface area contributed by atoms with Gasteiger partial charge in [0.1, 0.15) is 18.5 Å². The van der Waals surface area contributed by atoms with E-state index < -0.39 is 30.7 Å². The van der Waals surface area contributed by atoms with Crippen molar-refractivity contribution in [3.63, 3.8) is 0 Å². The molecule has 10 heteroatoms. The molecule has 3 N–H and O–H groups in total. The number of nitriles is 1. The van der Waals surface area contributed by atoms with Crippen LogP contribution in [-0.4, -0.2) is 59.3 Å². The van der Waals surface area contributed by atoms with Crippen LogP contribution in [0.3, 0.4) is 0 Å². The van der Waals surface area contributed by atoms with Gasteiger partial charge in [-0.25, -0.2) is 14.4 Å². The van der Waals surface area contributed by atoms with Crippen molar-refractivity contribution in [2.75, 3.05) is 6.61 Å². The minimum absolute atomic E-state index is 0.0289. The molecule has 1 aliphatic rings. The number of nitrogens with zero attached hydrogens (tertiary/aromatic N) is 5. The average molecular weight is 295 g/mol. The molecule has 1 aliphatic heterocycles. The van der Waals surface area contributed by atoms with Crippen LogP contribution in [0.4, 0.5) is 4.39 Å². The van der Waals surface area contributed by atoms with E-state index in [0.717, 1.165) is 17.2 Å². The van der Waals surface area contributed by atoms with Crippen LogP contribution in [0.2, 0.25) is 0 Å². The van der Waals surface area contributed by atoms with E-state index in [1.165, 1.54) is 0 Å². The molecule has 4 atom stereocenters. The van der Waals surface area contributed by atoms with Crippen molar-refractivity contribution in [2.24, 2.45) is 0 Å². The fourth-order valence-electron chi connectivity index (χ4n) is 2.26. The summed E-state index contributed by atoms with van der Waals surface area (Å²) in [5.41, 5.74) is -1.95. The van der Waals surface area contributed by atoms with Gasteiger partial charge in [0.25, 0.3) is 0 Å². The Balaban J connectivity index is 2.08. The molecule has 9 nitrogen and oxygen atoms in total. The molecule has 0 amide bonds. The molecule has 0 spiro atoms. The zero-order chi connectivity index (χ0) is 15.2. The molecule has 0 radical (unpaired) electrons. The lowest BCUT2D eigenvalue weighted by Gasteiger charge is -2.20. The largest absolute Gasteiger partial charge is 0.492 e. The second-order valence-electron chi connectivity index (χ2n) is 4.58. The predicted molar refractivity (Wildman–Crippen MR) is 63.4 cm³/mol. The zero-order valence-corrected chi connectivity index (χ0v) is 10.5. The summed E-state index contributed by atoms with van der Waals surface area (Å²) < 4.78 is 20.6. The first-order valence-electron chi connectivity index (χ1n) is 5.92. The van der Waals surface area contributed by atoms with Crippen LogP contribution in [-0.2, 0) is 4.74 Å². The molecule has 0 aliphatic carbocycles. The molecule has 0 saturated carbocycles. The van der Waals surface area contributed by atoms with E-state index in [2.05, 4.69) is 15.0 Å². The maximum absolute atomic E-state index is 14.3. The average Bonchev–Trinajstić information content (AvgIpc) is 3.02. The van der Waals surface area contributed by atoms with Crippen molar-refractivity contribution >= 4 is 11.2 Å². The molecule has 3 rings (SSSR count). The van der Waals surface area contributed by atoms with Crippen LogP contribution in [0.15, 0.2) is 12.7 Å². The van der Waals surface area contributed by atoms with Crippen LogP contribution < -0.4 is 0 Å². The van der Waals surface area contributed by atoms with Gasteiger partial charge in [-0.05, 0) is 0 Å². The number of hydrogen-bond acceptors (Lipinski definition) is 8. The highest BCUT2D eigenvalue weighted by atomic mass is 19.1. The Morgan fingerprint density at radius 2 is 2.24 bits per heavy atom. The number of alkyl halides is 1. The van der Waals surface area contributed by atoms with Gasteiger partial charge >= 0.3 is 0 Å². The number of aliphatic hydroxyl groups is 2. The van der Waals surface area contributed by atoms with Crippen molar-refractivity contribution in [2.45, 2.75) is 24.1 Å². The van der Waals surface area contributed by atoms with Crippen molar-refractivity contribution < 1.29 is 24.4 Å². The molecule has 0 aromatic carbocycles. The lowest BCUT2D eigenvalue weighted by Crippen LogP contribution is -2.44. The molecule has 0 bridgehead atoms. The van der Waals surface area contributed by atoms with E-state index in [-0.39, 0.29) is 17.0 Å². The minimum atomic E-state index is -2.06. The van der Waals surface area contributed by atoms with Crippen molar-refractivity contribution in [1.29, 1.82) is 5.26 Å². The highest BCUT2D eigenvalue weighted by molar-refractivity contribution is 5.75. The fourth-order valence-corrected chi connectivity index (χ4v) is 2.26. The summed E-state index contributed by atoms with van der Waals surface area (Å²) >= 11 is 0. The molecule has 2 aromatic rings. The van der Waals surface area contributed by atoms with Gasteiger partial charge in [0.05, 0.1) is 12.9 Å². The van der Waals surface area contributed by atoms with Crippen molar-refractivity contribution in [3.8, 4) is 11.9 Å². The number of aromatic hydroxyl groups is 1. The Bertz CT molecular complexity index is 731. The van der Waals surface area contributed by atoms with Gasteiger partial charge < -0.3 is 20.1 Å². The summed E-state index contributed by atoms with van der Waals surface area (Å²) in [5.74, 6) is -0.388. The standard InChI is InChI=1S/C11H10FN5O4/c12-5-7(19)11(1-13,2-18)21-10(5)17-4-16-6-8(17)14-3-15-9(6)20/h3-5,7,10,18-19H,2H2,(H,14,15,20). The van der Waals surface area contributed by atoms with Crippen LogP contribution in [0.1, 0.15) is 6.23 Å². The topological polar surface area (TPSA) is 137 Å². The normalized spacial score (nSPS) is 32.4. The number of aromatic nitrogens is 4. The first-order chi connectivity index (χ1) is 10.0. The number of imidazole rings is 1. The quantitative estimate of drug-likeness (QED) is 0.642. The second-order valence-corrected chi connectivity index (χ2v) is 4.58. The lowest BCUT2D eigenvalue weighted by atomic mass is 9.99. The van der Waals surface area contributed by atoms with E-state index in [1.54, 1.807) is 6.07 Å². The summed E-state index contributed by atoms with van der Waals surface area (Å²) in [7, 11) is 0. The molecule has 3 heterocycles. The summed E-state index contributed by atoms with van der Waals surface area (Å²) in [6.45, 7) is -0.867. The Morgan fingerprint density at radius 3 is 2.86 bits per heavy atom. The summed E-state index contributed by atoms with van der Waals surface area (Å²) in [4.78, 5) is 11.2. The van der Waals surface area contributed by atoms with Gasteiger partial charge in [-0.15, -0.1) is 0 Å². The molecule has 1 saturated heterocycles. The molecular weight excluding hydrogens is 285 g/mol. The predicted octanol–water partition coefficient (Wildman–Crippen LogP) is -0.986. The van der Waals surface area contributed by atoms with Crippen LogP contribution in [0.5, 0.6) is 5.88 Å². The Morgan fingerprint density at radius 1 is 1.48 bits per heavy atom. The Labute approximate surface area is 116 Å². The number of rotatable bonds is 2. The highest BCUT2D eigenvalue weighted by Gasteiger charge is 2.56. The van der Waals surface area contributed by atoms with Crippen molar-refractivity contribution in [1.82, 2.24) is 19.5 Å². The third-order valence-corrected chi connectivity index (χ3v) is 3.42. The number of aliphatic hydroxyl groups excluding tert-OH is 2. The first-order valence-corrected chi connectivity index (χ1v) is 5.92. The number of fused-ring (bicyclic) bond motifs is 1. The molecular formula is C11H10FN5O4. The fraction of sp³-hybridized carbons (Fsp3) is 0.455. The van der Waals surface area contributed by atoms with E-state index in [4.69, 9.17) is 10.00 Å². The summed E-state index contributed by atoms with van der Waals surface area (Å²) in [6.07, 6.45) is -3.02. The SMILES string of the molecule is N#CC1(CO)OC(n2cnc3c(O)ncnc32)C(F)C1O. The lowest BCUT2D eigenvalue weighted by molar-refractivity contribution is -0.0912. The Hall–Kier alpha value is -2.35. The minimum Gasteiger partial charge on any atom is -0.492 e. The number of ether oxygens (including phenoxy) is 1. The molecule has 110 valence electrons. The third kappa shape index (κ3) is 1.75. The van der Waals surface area contributed by atoms with E-state index in [9.17, 15) is 19.7 Å². The van der Waals surface area contributed by atoms with E-state index in [1.807, 2.05) is 0 Å². The van der Waals surface area contributed by atoms with E-state index in [0.29, 0.717) is 0 Å². The Kier molecular flexibility index (Phi) is 2.98. The third-order valence-electron chi connectivity index (χ3n) is 3.42. The van der Waals surface area contributed by atoms with Gasteiger partial charge in [-0.2, -0.15) is 10.2 Å². The highest BCUT2D eigenvalue weighted by Crippen LogP contribution is 2.39. The molecule has 4 unspecified atom stereocenters. The van der Waals surface area contributed by atoms with Gasteiger partial charge in [-0.1, -0.05) is 0 Å². The maximum Gasteiger partial charge on any atom is 0.242 e. The van der Waals surface area contributed by atoms with Gasteiger partial charge in [0.15, 0.2) is 23.6 Å². The molecule has 1 fully saturated rings. The zero-order valence-electron chi connectivity index (χ0n) is 10.5. The summed E-state index contributed by atoms with van der Waals surface area (Å²) in [5, 5.41) is 37.6. The summed E-state index contributed by atoms with van der Waals surface area (Å²) in [6, 6.07) is 1.58. The maximum atomic E-state index is 14.3. The van der Waals surface area contributed by atoms with Gasteiger partial charge in [0, 0.05) is 0 Å². The number of halogens is 1. The monoisotopic (exact) mass is 295 g/mol. The first kappa shape index (κ1) is 13.6. The van der Waals surface area contributed by atoms with Crippen LogP contribution in [0, 0.1) is 11.3 Å². The van der Waals surface area contributed by atoms with Crippen LogP contribution in [0.25, 0.3) is 11.2 Å².